The molecule has 1 amide bonds. The van der Waals surface area contributed by atoms with E-state index < -0.39 is 12.0 Å². The summed E-state index contributed by atoms with van der Waals surface area (Å²) in [7, 11) is 1.29. The number of methoxy groups -OCH3 is 1. The fourth-order valence-corrected chi connectivity index (χ4v) is 1.22. The minimum absolute atomic E-state index is 0.166. The van der Waals surface area contributed by atoms with Gasteiger partial charge in [0.25, 0.3) is 0 Å². The van der Waals surface area contributed by atoms with E-state index in [-0.39, 0.29) is 11.8 Å². The largest absolute Gasteiger partial charge is 0.467 e. The number of carbonyl (C=O) groups is 2. The molecule has 1 atom stereocenters. The van der Waals surface area contributed by atoms with Crippen LogP contribution < -0.4 is 5.32 Å². The average molecular weight is 278 g/mol. The average Bonchev–Trinajstić information content (AvgIpc) is 2.14. The molecule has 15 heavy (non-hydrogen) atoms. The molecule has 0 bridgehead atoms. The smallest absolute Gasteiger partial charge is 0.328 e. The molecule has 5 heteroatoms. The molecule has 1 N–H and O–H groups in total. The maximum absolute atomic E-state index is 11.4. The van der Waals surface area contributed by atoms with Gasteiger partial charge in [0.05, 0.1) is 7.11 Å². The molecule has 0 aromatic rings. The zero-order valence-electron chi connectivity index (χ0n) is 9.17. The summed E-state index contributed by atoms with van der Waals surface area (Å²) in [4.78, 5) is 22.7. The van der Waals surface area contributed by atoms with Gasteiger partial charge in [0.2, 0.25) is 5.91 Å². The summed E-state index contributed by atoms with van der Waals surface area (Å²) in [5.74, 6) is -0.815. The molecule has 0 aromatic carbocycles. The van der Waals surface area contributed by atoms with Gasteiger partial charge in [-0.05, 0) is 4.48 Å². The van der Waals surface area contributed by atoms with Crippen molar-refractivity contribution < 1.29 is 14.3 Å². The molecule has 0 radical (unpaired) electrons. The monoisotopic (exact) mass is 277 g/mol. The number of hydrogen-bond acceptors (Lipinski definition) is 3. The molecule has 4 nitrogen and oxygen atoms in total. The van der Waals surface area contributed by atoms with E-state index in [4.69, 9.17) is 0 Å². The molecule has 0 aliphatic rings. The third-order valence-corrected chi connectivity index (χ3v) is 2.08. The Morgan fingerprint density at radius 2 is 2.00 bits per heavy atom. The highest BCUT2D eigenvalue weighted by Crippen LogP contribution is 2.11. The SMILES string of the molecule is C=C(Br)C[C@@H](NC(=O)C(C)C)C(=O)OC. The van der Waals surface area contributed by atoms with Crippen LogP contribution in [0.1, 0.15) is 20.3 Å². The molecule has 0 fully saturated rings. The lowest BCUT2D eigenvalue weighted by molar-refractivity contribution is -0.145. The minimum Gasteiger partial charge on any atom is -0.467 e. The maximum Gasteiger partial charge on any atom is 0.328 e. The van der Waals surface area contributed by atoms with Gasteiger partial charge in [-0.3, -0.25) is 4.79 Å². The predicted molar refractivity (Wildman–Crippen MR) is 61.5 cm³/mol. The highest BCUT2D eigenvalue weighted by Gasteiger charge is 2.22. The number of esters is 1. The molecule has 0 saturated carbocycles. The summed E-state index contributed by atoms with van der Waals surface area (Å²) in [5, 5.41) is 2.59. The molecule has 0 aliphatic carbocycles. The van der Waals surface area contributed by atoms with Crippen LogP contribution in [-0.2, 0) is 14.3 Å². The summed E-state index contributed by atoms with van der Waals surface area (Å²) in [5.41, 5.74) is 0. The van der Waals surface area contributed by atoms with E-state index in [9.17, 15) is 9.59 Å². The van der Waals surface area contributed by atoms with Gasteiger partial charge in [0.15, 0.2) is 0 Å². The Bertz CT molecular complexity index is 263. The summed E-state index contributed by atoms with van der Waals surface area (Å²) < 4.78 is 5.22. The van der Waals surface area contributed by atoms with Crippen molar-refractivity contribution in [2.24, 2.45) is 5.92 Å². The highest BCUT2D eigenvalue weighted by molar-refractivity contribution is 9.11. The van der Waals surface area contributed by atoms with Crippen LogP contribution in [0.25, 0.3) is 0 Å². The minimum atomic E-state index is -0.670. The van der Waals surface area contributed by atoms with Crippen molar-refractivity contribution in [3.05, 3.63) is 11.1 Å². The van der Waals surface area contributed by atoms with Crippen LogP contribution in [0.15, 0.2) is 11.1 Å². The van der Waals surface area contributed by atoms with Crippen molar-refractivity contribution in [3.63, 3.8) is 0 Å². The van der Waals surface area contributed by atoms with E-state index in [1.165, 1.54) is 7.11 Å². The Hall–Kier alpha value is -0.840. The van der Waals surface area contributed by atoms with Crippen LogP contribution in [0, 0.1) is 5.92 Å². The maximum atomic E-state index is 11.4. The predicted octanol–water partition coefficient (Wildman–Crippen LogP) is 1.60. The Balaban J connectivity index is 4.44. The van der Waals surface area contributed by atoms with E-state index in [0.717, 1.165) is 0 Å². The van der Waals surface area contributed by atoms with Crippen molar-refractivity contribution in [3.8, 4) is 0 Å². The fraction of sp³-hybridized carbons (Fsp3) is 0.600. The molecule has 0 unspecified atom stereocenters. The quantitative estimate of drug-likeness (QED) is 0.777. The first kappa shape index (κ1) is 14.2. The molecule has 0 saturated heterocycles. The molecule has 0 heterocycles. The van der Waals surface area contributed by atoms with Gasteiger partial charge in [0.1, 0.15) is 6.04 Å². The van der Waals surface area contributed by atoms with Crippen LogP contribution in [0.3, 0.4) is 0 Å². The van der Waals surface area contributed by atoms with Crippen LogP contribution in [0.2, 0.25) is 0 Å². The van der Waals surface area contributed by atoms with Crippen molar-refractivity contribution in [2.75, 3.05) is 7.11 Å². The Kier molecular flexibility index (Phi) is 6.24. The van der Waals surface area contributed by atoms with Crippen LogP contribution >= 0.6 is 15.9 Å². The zero-order valence-corrected chi connectivity index (χ0v) is 10.8. The summed E-state index contributed by atoms with van der Waals surface area (Å²) in [6.45, 7) is 7.13. The second-order valence-electron chi connectivity index (χ2n) is 3.46. The first-order valence-electron chi connectivity index (χ1n) is 4.60. The summed E-state index contributed by atoms with van der Waals surface area (Å²) in [6, 6.07) is -0.670. The number of nitrogens with one attached hydrogen (secondary N) is 1. The second kappa shape index (κ2) is 6.61. The number of hydrogen-bond donors (Lipinski definition) is 1. The van der Waals surface area contributed by atoms with E-state index >= 15 is 0 Å². The van der Waals surface area contributed by atoms with E-state index in [1.807, 2.05) is 0 Å². The summed E-state index contributed by atoms with van der Waals surface area (Å²) >= 11 is 3.15. The Morgan fingerprint density at radius 1 is 1.47 bits per heavy atom. The van der Waals surface area contributed by atoms with Crippen molar-refractivity contribution in [2.45, 2.75) is 26.3 Å². The van der Waals surface area contributed by atoms with Gasteiger partial charge in [-0.15, -0.1) is 0 Å². The lowest BCUT2D eigenvalue weighted by atomic mass is 10.1. The molecule has 0 rings (SSSR count). The van der Waals surface area contributed by atoms with Gasteiger partial charge in [-0.1, -0.05) is 36.4 Å². The molecule has 0 aromatic heterocycles. The molecular weight excluding hydrogens is 262 g/mol. The van der Waals surface area contributed by atoms with Gasteiger partial charge in [0, 0.05) is 12.3 Å². The highest BCUT2D eigenvalue weighted by atomic mass is 79.9. The number of halogens is 1. The standard InChI is InChI=1S/C10H16BrNO3/c1-6(2)9(13)12-8(5-7(3)11)10(14)15-4/h6,8H,3,5H2,1-2,4H3,(H,12,13)/t8-/m1/s1. The van der Waals surface area contributed by atoms with Crippen molar-refractivity contribution >= 4 is 27.8 Å². The number of rotatable bonds is 5. The van der Waals surface area contributed by atoms with Crippen LogP contribution in [-0.4, -0.2) is 25.0 Å². The molecule has 0 aliphatic heterocycles. The van der Waals surface area contributed by atoms with E-state index in [1.54, 1.807) is 13.8 Å². The van der Waals surface area contributed by atoms with Crippen molar-refractivity contribution in [1.29, 1.82) is 0 Å². The van der Waals surface area contributed by atoms with Crippen LogP contribution in [0.4, 0.5) is 0 Å². The third kappa shape index (κ3) is 5.57. The zero-order chi connectivity index (χ0) is 12.0. The van der Waals surface area contributed by atoms with Crippen molar-refractivity contribution in [1.82, 2.24) is 5.32 Å². The van der Waals surface area contributed by atoms with E-state index in [0.29, 0.717) is 10.9 Å². The lowest BCUT2D eigenvalue weighted by Gasteiger charge is -2.17. The Labute approximate surface area is 98.2 Å². The van der Waals surface area contributed by atoms with Gasteiger partial charge < -0.3 is 10.1 Å². The van der Waals surface area contributed by atoms with Gasteiger partial charge in [-0.25, -0.2) is 4.79 Å². The first-order valence-corrected chi connectivity index (χ1v) is 5.39. The number of carbonyl (C=O) groups excluding carboxylic acids is 2. The number of ether oxygens (including phenoxy) is 1. The number of amides is 1. The molecular formula is C10H16BrNO3. The first-order chi connectivity index (χ1) is 6.88. The normalized spacial score (nSPS) is 12.1. The molecule has 86 valence electrons. The lowest BCUT2D eigenvalue weighted by Crippen LogP contribution is -2.43. The van der Waals surface area contributed by atoms with Gasteiger partial charge in [-0.2, -0.15) is 0 Å². The second-order valence-corrected chi connectivity index (χ2v) is 4.58. The van der Waals surface area contributed by atoms with Gasteiger partial charge >= 0.3 is 5.97 Å². The van der Waals surface area contributed by atoms with E-state index in [2.05, 4.69) is 32.6 Å². The summed E-state index contributed by atoms with van der Waals surface area (Å²) in [6.07, 6.45) is 0.325. The topological polar surface area (TPSA) is 55.4 Å². The Morgan fingerprint density at radius 3 is 2.33 bits per heavy atom. The third-order valence-electron chi connectivity index (χ3n) is 1.75. The molecule has 0 spiro atoms. The van der Waals surface area contributed by atoms with Crippen LogP contribution in [0.5, 0.6) is 0 Å². The fourth-order valence-electron chi connectivity index (χ4n) is 0.895.